The molecule has 0 bridgehead atoms. The molecule has 0 amide bonds. The third-order valence-corrected chi connectivity index (χ3v) is 4.47. The Hall–Kier alpha value is -1.39. The monoisotopic (exact) mass is 260 g/mol. The summed E-state index contributed by atoms with van der Waals surface area (Å²) in [5, 5.41) is 6.48. The number of benzene rings is 1. The lowest BCUT2D eigenvalue weighted by molar-refractivity contribution is 1.18. The molecule has 3 rings (SSSR count). The summed E-state index contributed by atoms with van der Waals surface area (Å²) in [5.74, 6) is 0. The lowest BCUT2D eigenvalue weighted by Gasteiger charge is -1.98. The number of aryl methyl sites for hydroxylation is 1. The molecule has 17 heavy (non-hydrogen) atoms. The van der Waals surface area contributed by atoms with Crippen molar-refractivity contribution in [1.82, 2.24) is 4.98 Å². The van der Waals surface area contributed by atoms with E-state index in [2.05, 4.69) is 52.9 Å². The molecule has 4 heteroatoms. The maximum absolute atomic E-state index is 4.62. The van der Waals surface area contributed by atoms with Crippen LogP contribution in [0.25, 0.3) is 10.2 Å². The zero-order valence-corrected chi connectivity index (χ0v) is 11.1. The predicted octanol–water partition coefficient (Wildman–Crippen LogP) is 4.28. The number of aromatic nitrogens is 1. The van der Waals surface area contributed by atoms with Crippen LogP contribution < -0.4 is 5.32 Å². The number of nitrogens with one attached hydrogen (secondary N) is 1. The summed E-state index contributed by atoms with van der Waals surface area (Å²) in [6.07, 6.45) is 0. The van der Waals surface area contributed by atoms with E-state index in [-0.39, 0.29) is 0 Å². The van der Waals surface area contributed by atoms with Gasteiger partial charge in [-0.15, -0.1) is 11.3 Å². The van der Waals surface area contributed by atoms with E-state index in [9.17, 15) is 0 Å². The first-order chi connectivity index (χ1) is 8.33. The van der Waals surface area contributed by atoms with Gasteiger partial charge in [0.15, 0.2) is 5.13 Å². The first-order valence-electron chi connectivity index (χ1n) is 5.45. The Morgan fingerprint density at radius 3 is 2.94 bits per heavy atom. The highest BCUT2D eigenvalue weighted by atomic mass is 32.1. The average molecular weight is 260 g/mol. The lowest BCUT2D eigenvalue weighted by atomic mass is 10.2. The second kappa shape index (κ2) is 4.47. The Balaban J connectivity index is 1.84. The maximum Gasteiger partial charge on any atom is 0.184 e. The molecule has 0 atom stereocenters. The molecule has 2 heterocycles. The molecule has 0 aliphatic heterocycles. The first-order valence-corrected chi connectivity index (χ1v) is 7.15. The number of rotatable bonds is 3. The van der Waals surface area contributed by atoms with Crippen LogP contribution in [0.1, 0.15) is 10.4 Å². The Bertz CT molecular complexity index is 626. The fraction of sp³-hybridized carbons (Fsp3) is 0.154. The highest BCUT2D eigenvalue weighted by Gasteiger charge is 2.05. The molecular weight excluding hydrogens is 248 g/mol. The van der Waals surface area contributed by atoms with Gasteiger partial charge in [0.05, 0.1) is 16.8 Å². The minimum absolute atomic E-state index is 0.858. The summed E-state index contributed by atoms with van der Waals surface area (Å²) in [6, 6.07) is 10.5. The van der Waals surface area contributed by atoms with Crippen molar-refractivity contribution in [2.45, 2.75) is 13.5 Å². The van der Waals surface area contributed by atoms with E-state index >= 15 is 0 Å². The molecular formula is C13H12N2S2. The van der Waals surface area contributed by atoms with Gasteiger partial charge < -0.3 is 5.32 Å². The molecule has 3 aromatic rings. The quantitative estimate of drug-likeness (QED) is 0.760. The van der Waals surface area contributed by atoms with Gasteiger partial charge in [0.1, 0.15) is 0 Å². The summed E-state index contributed by atoms with van der Waals surface area (Å²) in [4.78, 5) is 5.96. The van der Waals surface area contributed by atoms with Gasteiger partial charge in [-0.1, -0.05) is 29.5 Å². The number of hydrogen-bond donors (Lipinski definition) is 1. The molecule has 86 valence electrons. The Kier molecular flexibility index (Phi) is 2.82. The Morgan fingerprint density at radius 1 is 1.24 bits per heavy atom. The average Bonchev–Trinajstić information content (AvgIpc) is 2.95. The molecule has 0 aliphatic rings. The van der Waals surface area contributed by atoms with Crippen molar-refractivity contribution in [3.05, 3.63) is 46.2 Å². The van der Waals surface area contributed by atoms with Crippen molar-refractivity contribution in [1.29, 1.82) is 0 Å². The standard InChI is InChI=1S/C13H12N2S2/c1-9-4-2-6-11-12(9)15-13(17-11)14-8-10-5-3-7-16-10/h2-7H,8H2,1H3,(H,14,15). The normalized spacial score (nSPS) is 10.9. The zero-order valence-electron chi connectivity index (χ0n) is 9.43. The Labute approximate surface area is 108 Å². The first kappa shape index (κ1) is 10.7. The SMILES string of the molecule is Cc1cccc2sc(NCc3cccs3)nc12. The number of thiazole rings is 1. The van der Waals surface area contributed by atoms with Crippen molar-refractivity contribution in [2.24, 2.45) is 0 Å². The van der Waals surface area contributed by atoms with E-state index in [1.54, 1.807) is 22.7 Å². The topological polar surface area (TPSA) is 24.9 Å². The third-order valence-electron chi connectivity index (χ3n) is 2.61. The zero-order chi connectivity index (χ0) is 11.7. The summed E-state index contributed by atoms with van der Waals surface area (Å²) in [6.45, 7) is 2.96. The molecule has 0 saturated carbocycles. The van der Waals surface area contributed by atoms with E-state index in [0.717, 1.165) is 17.2 Å². The fourth-order valence-corrected chi connectivity index (χ4v) is 3.32. The number of fused-ring (bicyclic) bond motifs is 1. The van der Waals surface area contributed by atoms with Crippen LogP contribution in [0.4, 0.5) is 5.13 Å². The van der Waals surface area contributed by atoms with Gasteiger partial charge >= 0.3 is 0 Å². The van der Waals surface area contributed by atoms with Crippen molar-refractivity contribution in [3.63, 3.8) is 0 Å². The van der Waals surface area contributed by atoms with E-state index in [1.807, 2.05) is 0 Å². The summed E-state index contributed by atoms with van der Waals surface area (Å²) in [5.41, 5.74) is 2.36. The highest BCUT2D eigenvalue weighted by molar-refractivity contribution is 7.22. The molecule has 0 fully saturated rings. The fourth-order valence-electron chi connectivity index (χ4n) is 1.74. The lowest BCUT2D eigenvalue weighted by Crippen LogP contribution is -1.96. The predicted molar refractivity (Wildman–Crippen MR) is 76.0 cm³/mol. The van der Waals surface area contributed by atoms with Crippen molar-refractivity contribution in [2.75, 3.05) is 5.32 Å². The number of para-hydroxylation sites is 1. The number of anilines is 1. The van der Waals surface area contributed by atoms with Crippen LogP contribution in [-0.4, -0.2) is 4.98 Å². The van der Waals surface area contributed by atoms with Crippen molar-refractivity contribution < 1.29 is 0 Å². The van der Waals surface area contributed by atoms with Crippen LogP contribution in [0.3, 0.4) is 0 Å². The van der Waals surface area contributed by atoms with Crippen LogP contribution >= 0.6 is 22.7 Å². The number of hydrogen-bond acceptors (Lipinski definition) is 4. The van der Waals surface area contributed by atoms with Crippen LogP contribution in [0.15, 0.2) is 35.7 Å². The molecule has 2 nitrogen and oxygen atoms in total. The minimum atomic E-state index is 0.858. The molecule has 0 radical (unpaired) electrons. The van der Waals surface area contributed by atoms with Gasteiger partial charge in [0.25, 0.3) is 0 Å². The third kappa shape index (κ3) is 2.18. The molecule has 1 aromatic carbocycles. The second-order valence-electron chi connectivity index (χ2n) is 3.87. The van der Waals surface area contributed by atoms with E-state index in [1.165, 1.54) is 15.1 Å². The van der Waals surface area contributed by atoms with Crippen LogP contribution in [0.2, 0.25) is 0 Å². The van der Waals surface area contributed by atoms with Gasteiger partial charge in [0, 0.05) is 4.88 Å². The smallest absolute Gasteiger partial charge is 0.184 e. The van der Waals surface area contributed by atoms with Crippen LogP contribution in [-0.2, 0) is 6.54 Å². The highest BCUT2D eigenvalue weighted by Crippen LogP contribution is 2.28. The summed E-state index contributed by atoms with van der Waals surface area (Å²) in [7, 11) is 0. The van der Waals surface area contributed by atoms with Crippen molar-refractivity contribution in [3.8, 4) is 0 Å². The maximum atomic E-state index is 4.62. The number of nitrogens with zero attached hydrogens (tertiary/aromatic N) is 1. The molecule has 0 spiro atoms. The van der Waals surface area contributed by atoms with Crippen molar-refractivity contribution >= 4 is 38.0 Å². The molecule has 0 saturated heterocycles. The Morgan fingerprint density at radius 2 is 2.18 bits per heavy atom. The molecule has 0 unspecified atom stereocenters. The molecule has 2 aromatic heterocycles. The molecule has 1 N–H and O–H groups in total. The van der Waals surface area contributed by atoms with E-state index in [0.29, 0.717) is 0 Å². The summed E-state index contributed by atoms with van der Waals surface area (Å²) < 4.78 is 1.25. The second-order valence-corrected chi connectivity index (χ2v) is 5.94. The molecule has 0 aliphatic carbocycles. The largest absolute Gasteiger partial charge is 0.357 e. The van der Waals surface area contributed by atoms with E-state index < -0.39 is 0 Å². The van der Waals surface area contributed by atoms with E-state index in [4.69, 9.17) is 0 Å². The summed E-state index contributed by atoms with van der Waals surface area (Å²) >= 11 is 3.48. The van der Waals surface area contributed by atoms with Gasteiger partial charge in [-0.25, -0.2) is 4.98 Å². The number of thiophene rings is 1. The minimum Gasteiger partial charge on any atom is -0.357 e. The van der Waals surface area contributed by atoms with Crippen LogP contribution in [0.5, 0.6) is 0 Å². The van der Waals surface area contributed by atoms with Gasteiger partial charge in [-0.3, -0.25) is 0 Å². The van der Waals surface area contributed by atoms with Gasteiger partial charge in [-0.05, 0) is 30.0 Å². The van der Waals surface area contributed by atoms with Gasteiger partial charge in [0.2, 0.25) is 0 Å². The van der Waals surface area contributed by atoms with Gasteiger partial charge in [-0.2, -0.15) is 0 Å². The van der Waals surface area contributed by atoms with Crippen LogP contribution in [0, 0.1) is 6.92 Å².